The van der Waals surface area contributed by atoms with Gasteiger partial charge in [-0.25, -0.2) is 4.68 Å². The molecule has 0 saturated heterocycles. The first-order valence-corrected chi connectivity index (χ1v) is 9.76. The predicted molar refractivity (Wildman–Crippen MR) is 116 cm³/mol. The Labute approximate surface area is 174 Å². The lowest BCUT2D eigenvalue weighted by molar-refractivity contribution is 0.0940. The summed E-state index contributed by atoms with van der Waals surface area (Å²) in [5, 5.41) is 8.25. The van der Waals surface area contributed by atoms with Gasteiger partial charge in [0.05, 0.1) is 29.2 Å². The number of nitrogens with one attached hydrogen (secondary N) is 1. The Bertz CT molecular complexity index is 1110. The normalized spacial score (nSPS) is 11.8. The van der Waals surface area contributed by atoms with Gasteiger partial charge in [0.1, 0.15) is 0 Å². The maximum absolute atomic E-state index is 13.1. The van der Waals surface area contributed by atoms with Gasteiger partial charge >= 0.3 is 0 Å². The van der Waals surface area contributed by atoms with Crippen LogP contribution < -0.4 is 5.32 Å². The van der Waals surface area contributed by atoms with E-state index in [1.54, 1.807) is 10.9 Å². The average molecular weight is 402 g/mol. The number of hydrogen-bond acceptors (Lipinski definition) is 2. The largest absolute Gasteiger partial charge is 0.345 e. The molecular weight excluding hydrogens is 382 g/mol. The van der Waals surface area contributed by atoms with E-state index in [4.69, 9.17) is 11.6 Å². The van der Waals surface area contributed by atoms with Crippen LogP contribution in [0.5, 0.6) is 0 Å². The maximum Gasteiger partial charge on any atom is 0.255 e. The number of hydrogen-bond donors (Lipinski definition) is 1. The molecule has 0 spiro atoms. The summed E-state index contributed by atoms with van der Waals surface area (Å²) >= 11 is 5.97. The number of amides is 1. The Kier molecular flexibility index (Phi) is 5.45. The topological polar surface area (TPSA) is 46.9 Å². The van der Waals surface area contributed by atoms with Crippen molar-refractivity contribution in [3.05, 3.63) is 107 Å². The summed E-state index contributed by atoms with van der Waals surface area (Å²) in [5.41, 5.74) is 4.10. The molecule has 4 nitrogen and oxygen atoms in total. The van der Waals surface area contributed by atoms with Crippen molar-refractivity contribution < 1.29 is 4.79 Å². The highest BCUT2D eigenvalue weighted by Crippen LogP contribution is 2.27. The van der Waals surface area contributed by atoms with E-state index in [1.807, 2.05) is 91.9 Å². The molecule has 1 heterocycles. The monoisotopic (exact) mass is 401 g/mol. The van der Waals surface area contributed by atoms with Gasteiger partial charge in [-0.1, -0.05) is 72.3 Å². The van der Waals surface area contributed by atoms with E-state index in [0.717, 1.165) is 22.5 Å². The van der Waals surface area contributed by atoms with Crippen LogP contribution in [0.1, 0.15) is 28.9 Å². The standard InChI is InChI=1S/C24H20ClN3O/c1-17(18-12-14-20(25)15-13-18)27-24(29)22-16-26-28(21-10-6-3-7-11-21)23(22)19-8-4-2-5-9-19/h2-17H,1H3,(H,27,29)/t17-/m0/s1. The lowest BCUT2D eigenvalue weighted by Crippen LogP contribution is -2.26. The fourth-order valence-corrected chi connectivity index (χ4v) is 3.39. The van der Waals surface area contributed by atoms with Crippen LogP contribution in [0.25, 0.3) is 16.9 Å². The first-order chi connectivity index (χ1) is 14.1. The third-order valence-corrected chi connectivity index (χ3v) is 5.03. The third kappa shape index (κ3) is 4.08. The molecule has 5 heteroatoms. The number of aromatic nitrogens is 2. The van der Waals surface area contributed by atoms with Crippen LogP contribution in [0.3, 0.4) is 0 Å². The Morgan fingerprint density at radius 3 is 2.21 bits per heavy atom. The molecule has 29 heavy (non-hydrogen) atoms. The number of carbonyl (C=O) groups excluding carboxylic acids is 1. The van der Waals surface area contributed by atoms with Gasteiger partial charge in [-0.05, 0) is 36.8 Å². The zero-order chi connectivity index (χ0) is 20.2. The van der Waals surface area contributed by atoms with Crippen molar-refractivity contribution in [3.63, 3.8) is 0 Å². The molecule has 1 aromatic heterocycles. The highest BCUT2D eigenvalue weighted by Gasteiger charge is 2.21. The molecular formula is C24H20ClN3O. The molecule has 1 amide bonds. The van der Waals surface area contributed by atoms with E-state index >= 15 is 0 Å². The number of halogens is 1. The molecule has 0 fully saturated rings. The second-order valence-electron chi connectivity index (χ2n) is 6.77. The zero-order valence-corrected chi connectivity index (χ0v) is 16.7. The fourth-order valence-electron chi connectivity index (χ4n) is 3.26. The van der Waals surface area contributed by atoms with Gasteiger partial charge in [0.25, 0.3) is 5.91 Å². The smallest absolute Gasteiger partial charge is 0.255 e. The van der Waals surface area contributed by atoms with E-state index in [2.05, 4.69) is 10.4 Å². The van der Waals surface area contributed by atoms with E-state index in [9.17, 15) is 4.79 Å². The summed E-state index contributed by atoms with van der Waals surface area (Å²) in [7, 11) is 0. The third-order valence-electron chi connectivity index (χ3n) is 4.78. The lowest BCUT2D eigenvalue weighted by atomic mass is 10.1. The molecule has 144 valence electrons. The van der Waals surface area contributed by atoms with Gasteiger partial charge in [-0.3, -0.25) is 4.79 Å². The molecule has 0 radical (unpaired) electrons. The van der Waals surface area contributed by atoms with Crippen LogP contribution in [-0.2, 0) is 0 Å². The minimum Gasteiger partial charge on any atom is -0.345 e. The maximum atomic E-state index is 13.1. The molecule has 0 bridgehead atoms. The molecule has 0 aliphatic rings. The number of carbonyl (C=O) groups is 1. The van der Waals surface area contributed by atoms with Gasteiger partial charge in [-0.2, -0.15) is 5.10 Å². The second kappa shape index (κ2) is 8.33. The summed E-state index contributed by atoms with van der Waals surface area (Å²) in [6.07, 6.45) is 1.62. The van der Waals surface area contributed by atoms with E-state index < -0.39 is 0 Å². The highest BCUT2D eigenvalue weighted by atomic mass is 35.5. The first kappa shape index (κ1) is 19.0. The molecule has 1 atom stereocenters. The SMILES string of the molecule is C[C@H](NC(=O)c1cnn(-c2ccccc2)c1-c1ccccc1)c1ccc(Cl)cc1. The quantitative estimate of drug-likeness (QED) is 0.467. The summed E-state index contributed by atoms with van der Waals surface area (Å²) in [6.45, 7) is 1.95. The number of rotatable bonds is 5. The van der Waals surface area contributed by atoms with Crippen LogP contribution in [0.15, 0.2) is 91.1 Å². The van der Waals surface area contributed by atoms with Crippen molar-refractivity contribution in [2.45, 2.75) is 13.0 Å². The average Bonchev–Trinajstić information content (AvgIpc) is 3.21. The van der Waals surface area contributed by atoms with Gasteiger partial charge in [0.2, 0.25) is 0 Å². The van der Waals surface area contributed by atoms with Crippen molar-refractivity contribution in [3.8, 4) is 16.9 Å². The van der Waals surface area contributed by atoms with Gasteiger partial charge < -0.3 is 5.32 Å². The molecule has 3 aromatic carbocycles. The molecule has 1 N–H and O–H groups in total. The van der Waals surface area contributed by atoms with Crippen LogP contribution in [0.4, 0.5) is 0 Å². The van der Waals surface area contributed by atoms with E-state index in [1.165, 1.54) is 0 Å². The van der Waals surface area contributed by atoms with Gasteiger partial charge in [0, 0.05) is 10.6 Å². The molecule has 0 aliphatic heterocycles. The minimum absolute atomic E-state index is 0.163. The van der Waals surface area contributed by atoms with Crippen LogP contribution in [0.2, 0.25) is 5.02 Å². The first-order valence-electron chi connectivity index (χ1n) is 9.38. The number of nitrogens with zero attached hydrogens (tertiary/aromatic N) is 2. The van der Waals surface area contributed by atoms with Crippen LogP contribution >= 0.6 is 11.6 Å². The van der Waals surface area contributed by atoms with Crippen LogP contribution in [0, 0.1) is 0 Å². The Morgan fingerprint density at radius 2 is 1.55 bits per heavy atom. The highest BCUT2D eigenvalue weighted by molar-refractivity contribution is 6.30. The summed E-state index contributed by atoms with van der Waals surface area (Å²) in [5.74, 6) is -0.173. The summed E-state index contributed by atoms with van der Waals surface area (Å²) < 4.78 is 1.80. The minimum atomic E-state index is -0.173. The summed E-state index contributed by atoms with van der Waals surface area (Å²) in [6, 6.07) is 26.9. The molecule has 4 rings (SSSR count). The second-order valence-corrected chi connectivity index (χ2v) is 7.20. The van der Waals surface area contributed by atoms with Crippen molar-refractivity contribution in [1.29, 1.82) is 0 Å². The van der Waals surface area contributed by atoms with Crippen molar-refractivity contribution in [2.24, 2.45) is 0 Å². The summed E-state index contributed by atoms with van der Waals surface area (Å²) in [4.78, 5) is 13.1. The number of para-hydroxylation sites is 1. The van der Waals surface area contributed by atoms with Crippen molar-refractivity contribution in [2.75, 3.05) is 0 Å². The Balaban J connectivity index is 1.71. The molecule has 0 aliphatic carbocycles. The van der Waals surface area contributed by atoms with Gasteiger partial charge in [-0.15, -0.1) is 0 Å². The van der Waals surface area contributed by atoms with E-state index in [-0.39, 0.29) is 11.9 Å². The van der Waals surface area contributed by atoms with Gasteiger partial charge in [0.15, 0.2) is 0 Å². The van der Waals surface area contributed by atoms with Crippen molar-refractivity contribution in [1.82, 2.24) is 15.1 Å². The lowest BCUT2D eigenvalue weighted by Gasteiger charge is -2.15. The number of benzene rings is 3. The predicted octanol–water partition coefficient (Wildman–Crippen LogP) is 5.68. The molecule has 0 unspecified atom stereocenters. The Hall–Kier alpha value is -3.37. The van der Waals surface area contributed by atoms with Crippen LogP contribution in [-0.4, -0.2) is 15.7 Å². The van der Waals surface area contributed by atoms with E-state index in [0.29, 0.717) is 10.6 Å². The fraction of sp³-hybridized carbons (Fsp3) is 0.0833. The molecule has 4 aromatic rings. The van der Waals surface area contributed by atoms with Crippen molar-refractivity contribution >= 4 is 17.5 Å². The zero-order valence-electron chi connectivity index (χ0n) is 15.9. The molecule has 0 saturated carbocycles. The Morgan fingerprint density at radius 1 is 0.931 bits per heavy atom.